The van der Waals surface area contributed by atoms with Gasteiger partial charge in [-0.25, -0.2) is 0 Å². The third kappa shape index (κ3) is 7.59. The van der Waals surface area contributed by atoms with Gasteiger partial charge in [0.25, 0.3) is 0 Å². The lowest BCUT2D eigenvalue weighted by molar-refractivity contribution is -0.256. The average Bonchev–Trinajstić information content (AvgIpc) is 2.83. The number of aliphatic hydroxyl groups excluding tert-OH is 1. The van der Waals surface area contributed by atoms with E-state index in [4.69, 9.17) is 18.6 Å². The fourth-order valence-corrected chi connectivity index (χ4v) is 4.94. The van der Waals surface area contributed by atoms with Crippen molar-refractivity contribution in [2.45, 2.75) is 89.1 Å². The van der Waals surface area contributed by atoms with Gasteiger partial charge in [-0.15, -0.1) is 6.58 Å². The quantitative estimate of drug-likeness (QED) is 0.310. The van der Waals surface area contributed by atoms with Crippen LogP contribution in [0, 0.1) is 0 Å². The van der Waals surface area contributed by atoms with Gasteiger partial charge in [-0.2, -0.15) is 0 Å². The van der Waals surface area contributed by atoms with E-state index in [-0.39, 0.29) is 11.1 Å². The Hall–Kier alpha value is -1.80. The highest BCUT2D eigenvalue weighted by Gasteiger charge is 2.47. The second-order valence-electron chi connectivity index (χ2n) is 10.8. The molecule has 5 nitrogen and oxygen atoms in total. The van der Waals surface area contributed by atoms with Crippen molar-refractivity contribution in [3.05, 3.63) is 84.4 Å². The van der Waals surface area contributed by atoms with Gasteiger partial charge in [-0.1, -0.05) is 87.5 Å². The molecule has 0 aromatic heterocycles. The fourth-order valence-electron chi connectivity index (χ4n) is 3.93. The Morgan fingerprint density at radius 3 is 1.89 bits per heavy atom. The molecule has 0 saturated carbocycles. The zero-order chi connectivity index (χ0) is 25.5. The van der Waals surface area contributed by atoms with Crippen molar-refractivity contribution in [3.63, 3.8) is 0 Å². The van der Waals surface area contributed by atoms with Crippen LogP contribution in [0.4, 0.5) is 0 Å². The molecule has 5 atom stereocenters. The first-order valence-electron chi connectivity index (χ1n) is 12.5. The van der Waals surface area contributed by atoms with Crippen LogP contribution >= 0.6 is 0 Å². The van der Waals surface area contributed by atoms with Crippen LogP contribution in [0.25, 0.3) is 0 Å². The van der Waals surface area contributed by atoms with Crippen molar-refractivity contribution >= 4 is 8.32 Å². The van der Waals surface area contributed by atoms with Gasteiger partial charge in [-0.05, 0) is 35.7 Å². The molecule has 1 aliphatic rings. The largest absolute Gasteiger partial charge is 0.414 e. The zero-order valence-corrected chi connectivity index (χ0v) is 22.9. The monoisotopic (exact) mass is 498 g/mol. The minimum Gasteiger partial charge on any atom is -0.414 e. The normalized spacial score (nSPS) is 25.4. The van der Waals surface area contributed by atoms with E-state index in [1.54, 1.807) is 6.08 Å². The summed E-state index contributed by atoms with van der Waals surface area (Å²) in [5.41, 5.74) is 2.10. The molecule has 0 spiro atoms. The van der Waals surface area contributed by atoms with Gasteiger partial charge in [0.15, 0.2) is 8.32 Å². The molecule has 2 aromatic carbocycles. The molecule has 6 heteroatoms. The van der Waals surface area contributed by atoms with Gasteiger partial charge in [0.2, 0.25) is 0 Å². The maximum atomic E-state index is 11.3. The van der Waals surface area contributed by atoms with Crippen molar-refractivity contribution < 1.29 is 23.7 Å². The van der Waals surface area contributed by atoms with E-state index in [2.05, 4.69) is 40.4 Å². The molecule has 2 aromatic rings. The van der Waals surface area contributed by atoms with E-state index < -0.39 is 32.7 Å². The Kier molecular flexibility index (Phi) is 9.87. The first kappa shape index (κ1) is 27.8. The van der Waals surface area contributed by atoms with Crippen LogP contribution in [-0.2, 0) is 31.9 Å². The van der Waals surface area contributed by atoms with Crippen molar-refractivity contribution in [3.8, 4) is 0 Å². The lowest BCUT2D eigenvalue weighted by atomic mass is 9.93. The second-order valence-corrected chi connectivity index (χ2v) is 15.6. The van der Waals surface area contributed by atoms with E-state index in [9.17, 15) is 5.11 Å². The van der Waals surface area contributed by atoms with E-state index >= 15 is 0 Å². The first-order chi connectivity index (χ1) is 16.6. The fraction of sp³-hybridized carbons (Fsp3) is 0.517. The maximum absolute atomic E-state index is 11.3. The summed E-state index contributed by atoms with van der Waals surface area (Å²) in [7, 11) is -2.02. The number of ether oxygens (including phenoxy) is 3. The molecule has 192 valence electrons. The minimum atomic E-state index is -2.02. The Morgan fingerprint density at radius 2 is 1.40 bits per heavy atom. The molecule has 1 aliphatic heterocycles. The molecular formula is C29H42O5Si. The standard InChI is InChI=1S/C29H42O5Si/c1-7-14-24-26(30)28(32-20-23-17-12-9-13-18-23)27(31-19-22-15-10-8-11-16-22)25(34-24)21-33-35(5,6)29(2,3)4/h7-13,15-18,24-28,30H,1,14,19-21H2,2-6H3/t24-,25-,26+,27-,28-/m1/s1. The molecule has 1 saturated heterocycles. The molecule has 0 radical (unpaired) electrons. The maximum Gasteiger partial charge on any atom is 0.192 e. The highest BCUT2D eigenvalue weighted by Crippen LogP contribution is 2.38. The van der Waals surface area contributed by atoms with Crippen molar-refractivity contribution in [2.24, 2.45) is 0 Å². The zero-order valence-electron chi connectivity index (χ0n) is 21.9. The summed E-state index contributed by atoms with van der Waals surface area (Å²) in [4.78, 5) is 0. The van der Waals surface area contributed by atoms with Gasteiger partial charge < -0.3 is 23.7 Å². The van der Waals surface area contributed by atoms with Gasteiger partial charge in [0.05, 0.1) is 25.9 Å². The second kappa shape index (κ2) is 12.4. The topological polar surface area (TPSA) is 57.2 Å². The lowest BCUT2D eigenvalue weighted by Crippen LogP contribution is -2.61. The molecule has 1 fully saturated rings. The summed E-state index contributed by atoms with van der Waals surface area (Å²) < 4.78 is 25.7. The van der Waals surface area contributed by atoms with Crippen LogP contribution in [0.3, 0.4) is 0 Å². The van der Waals surface area contributed by atoms with Gasteiger partial charge >= 0.3 is 0 Å². The molecule has 3 rings (SSSR count). The average molecular weight is 499 g/mol. The molecule has 1 heterocycles. The Balaban J connectivity index is 1.84. The lowest BCUT2D eigenvalue weighted by Gasteiger charge is -2.46. The Labute approximate surface area is 212 Å². The van der Waals surface area contributed by atoms with Crippen molar-refractivity contribution in [1.82, 2.24) is 0 Å². The number of benzene rings is 2. The third-order valence-corrected chi connectivity index (χ3v) is 11.6. The molecule has 1 N–H and O–H groups in total. The summed E-state index contributed by atoms with van der Waals surface area (Å²) in [5, 5.41) is 11.3. The van der Waals surface area contributed by atoms with Crippen molar-refractivity contribution in [1.29, 1.82) is 0 Å². The van der Waals surface area contributed by atoms with Crippen LogP contribution in [-0.4, -0.2) is 50.6 Å². The number of hydrogen-bond acceptors (Lipinski definition) is 5. The summed E-state index contributed by atoms with van der Waals surface area (Å²) in [5.74, 6) is 0. The number of rotatable bonds is 11. The summed E-state index contributed by atoms with van der Waals surface area (Å²) in [6.07, 6.45) is -0.403. The molecule has 0 amide bonds. The summed E-state index contributed by atoms with van der Waals surface area (Å²) >= 11 is 0. The number of hydrogen-bond donors (Lipinski definition) is 1. The van der Waals surface area contributed by atoms with E-state index in [1.807, 2.05) is 60.7 Å². The van der Waals surface area contributed by atoms with Gasteiger partial charge in [0, 0.05) is 0 Å². The highest BCUT2D eigenvalue weighted by atomic mass is 28.4. The molecule has 0 bridgehead atoms. The van der Waals surface area contributed by atoms with Gasteiger partial charge in [0.1, 0.15) is 24.4 Å². The van der Waals surface area contributed by atoms with Crippen molar-refractivity contribution in [2.75, 3.05) is 6.61 Å². The molecule has 0 unspecified atom stereocenters. The predicted octanol–water partition coefficient (Wildman–Crippen LogP) is 5.88. The van der Waals surface area contributed by atoms with E-state index in [1.165, 1.54) is 0 Å². The molecule has 0 aliphatic carbocycles. The first-order valence-corrected chi connectivity index (χ1v) is 15.4. The van der Waals surface area contributed by atoms with Crippen LogP contribution in [0.1, 0.15) is 38.3 Å². The smallest absolute Gasteiger partial charge is 0.192 e. The Morgan fingerprint density at radius 1 is 0.886 bits per heavy atom. The van der Waals surface area contributed by atoms with E-state index in [0.717, 1.165) is 11.1 Å². The third-order valence-electron chi connectivity index (χ3n) is 7.14. The molecular weight excluding hydrogens is 456 g/mol. The van der Waals surface area contributed by atoms with E-state index in [0.29, 0.717) is 26.2 Å². The summed E-state index contributed by atoms with van der Waals surface area (Å²) in [6, 6.07) is 20.0. The van der Waals surface area contributed by atoms with Crippen LogP contribution in [0.2, 0.25) is 18.1 Å². The van der Waals surface area contributed by atoms with Crippen LogP contribution in [0.5, 0.6) is 0 Å². The van der Waals surface area contributed by atoms with Gasteiger partial charge in [-0.3, -0.25) is 0 Å². The summed E-state index contributed by atoms with van der Waals surface area (Å²) in [6.45, 7) is 16.2. The SMILES string of the molecule is C=CC[C@H]1O[C@H](CO[Si](C)(C)C(C)(C)C)[C@@H](OCc2ccccc2)[C@H](OCc2ccccc2)[C@H]1O. The highest BCUT2D eigenvalue weighted by molar-refractivity contribution is 6.74. The van der Waals surface area contributed by atoms with Crippen LogP contribution < -0.4 is 0 Å². The Bertz CT molecular complexity index is 896. The minimum absolute atomic E-state index is 0.0747. The molecule has 35 heavy (non-hydrogen) atoms. The number of aliphatic hydroxyl groups is 1. The predicted molar refractivity (Wildman–Crippen MR) is 143 cm³/mol. The van der Waals surface area contributed by atoms with Crippen LogP contribution in [0.15, 0.2) is 73.3 Å².